The molecule has 0 aliphatic rings. The zero-order chi connectivity index (χ0) is 30.3. The number of carboxylic acids is 1. The summed E-state index contributed by atoms with van der Waals surface area (Å²) in [5.74, 6) is -1.49. The van der Waals surface area contributed by atoms with Crippen molar-refractivity contribution in [1.29, 1.82) is 0 Å². The number of para-hydroxylation sites is 1. The van der Waals surface area contributed by atoms with Gasteiger partial charge in [0.15, 0.2) is 0 Å². The third-order valence-electron chi connectivity index (χ3n) is 7.75. The fourth-order valence-corrected chi connectivity index (χ4v) is 5.34. The summed E-state index contributed by atoms with van der Waals surface area (Å²) in [6.45, 7) is 4.38. The number of carbonyl (C=O) groups is 3. The van der Waals surface area contributed by atoms with Gasteiger partial charge in [0.25, 0.3) is 11.8 Å². The van der Waals surface area contributed by atoms with E-state index in [9.17, 15) is 19.5 Å². The SMILES string of the molecule is Cc1ccc([C@@H](C)NC(=O)c2ccccc2-c2ccccc2C(=O)N(CCC(=O)O)CCc2c[nH]c3ccccc23)cc1. The number of aromatic nitrogens is 1. The molecule has 0 aliphatic heterocycles. The van der Waals surface area contributed by atoms with Gasteiger partial charge in [-0.1, -0.05) is 84.4 Å². The van der Waals surface area contributed by atoms with Crippen molar-refractivity contribution < 1.29 is 19.5 Å². The Morgan fingerprint density at radius 2 is 1.44 bits per heavy atom. The molecule has 0 fully saturated rings. The number of benzene rings is 4. The van der Waals surface area contributed by atoms with Gasteiger partial charge in [0.2, 0.25) is 0 Å². The Morgan fingerprint density at radius 1 is 0.814 bits per heavy atom. The number of fused-ring (bicyclic) bond motifs is 1. The van der Waals surface area contributed by atoms with Crippen LogP contribution in [0.2, 0.25) is 0 Å². The molecule has 7 heteroatoms. The third-order valence-corrected chi connectivity index (χ3v) is 7.75. The van der Waals surface area contributed by atoms with Gasteiger partial charge in [0.1, 0.15) is 0 Å². The van der Waals surface area contributed by atoms with E-state index in [1.54, 1.807) is 29.2 Å². The molecule has 5 rings (SSSR count). The first-order chi connectivity index (χ1) is 20.8. The van der Waals surface area contributed by atoms with Crippen molar-refractivity contribution in [3.8, 4) is 11.1 Å². The van der Waals surface area contributed by atoms with Gasteiger partial charge in [-0.15, -0.1) is 0 Å². The van der Waals surface area contributed by atoms with Crippen molar-refractivity contribution in [1.82, 2.24) is 15.2 Å². The topological polar surface area (TPSA) is 102 Å². The van der Waals surface area contributed by atoms with Gasteiger partial charge < -0.3 is 20.3 Å². The molecule has 0 unspecified atom stereocenters. The number of hydrogen-bond acceptors (Lipinski definition) is 3. The molecule has 4 aromatic carbocycles. The highest BCUT2D eigenvalue weighted by molar-refractivity contribution is 6.06. The number of amides is 2. The maximum atomic E-state index is 14.1. The second kappa shape index (κ2) is 13.2. The van der Waals surface area contributed by atoms with Gasteiger partial charge >= 0.3 is 5.97 Å². The van der Waals surface area contributed by atoms with Crippen LogP contribution in [0.5, 0.6) is 0 Å². The van der Waals surface area contributed by atoms with E-state index in [0.29, 0.717) is 35.2 Å². The molecule has 0 bridgehead atoms. The van der Waals surface area contributed by atoms with Gasteiger partial charge in [-0.2, -0.15) is 0 Å². The van der Waals surface area contributed by atoms with Gasteiger partial charge in [-0.05, 0) is 60.7 Å². The van der Waals surface area contributed by atoms with E-state index in [2.05, 4.69) is 10.3 Å². The highest BCUT2D eigenvalue weighted by Crippen LogP contribution is 2.29. The molecule has 0 saturated carbocycles. The first-order valence-corrected chi connectivity index (χ1v) is 14.4. The van der Waals surface area contributed by atoms with Crippen molar-refractivity contribution in [2.75, 3.05) is 13.1 Å². The van der Waals surface area contributed by atoms with Crippen molar-refractivity contribution in [3.05, 3.63) is 131 Å². The molecule has 0 spiro atoms. The maximum Gasteiger partial charge on any atom is 0.305 e. The Hall–Kier alpha value is -5.17. The van der Waals surface area contributed by atoms with Crippen LogP contribution in [0.15, 0.2) is 103 Å². The van der Waals surface area contributed by atoms with Crippen molar-refractivity contribution in [2.45, 2.75) is 32.7 Å². The van der Waals surface area contributed by atoms with Crippen LogP contribution in [-0.2, 0) is 11.2 Å². The first-order valence-electron chi connectivity index (χ1n) is 14.4. The van der Waals surface area contributed by atoms with Gasteiger partial charge in [-0.3, -0.25) is 14.4 Å². The molecule has 0 radical (unpaired) electrons. The summed E-state index contributed by atoms with van der Waals surface area (Å²) in [6, 6.07) is 30.2. The largest absolute Gasteiger partial charge is 0.481 e. The lowest BCUT2D eigenvalue weighted by molar-refractivity contribution is -0.137. The average molecular weight is 574 g/mol. The minimum Gasteiger partial charge on any atom is -0.481 e. The minimum absolute atomic E-state index is 0.0705. The number of carbonyl (C=O) groups excluding carboxylic acids is 2. The molecular formula is C36H35N3O4. The number of H-pyrrole nitrogens is 1. The molecule has 1 heterocycles. The van der Waals surface area contributed by atoms with Crippen LogP contribution in [0, 0.1) is 6.92 Å². The van der Waals surface area contributed by atoms with E-state index in [-0.39, 0.29) is 30.8 Å². The van der Waals surface area contributed by atoms with E-state index >= 15 is 0 Å². The second-order valence-electron chi connectivity index (χ2n) is 10.7. The van der Waals surface area contributed by atoms with Crippen LogP contribution in [0.25, 0.3) is 22.0 Å². The molecule has 0 saturated heterocycles. The standard InChI is InChI=1S/C36H35N3O4/c1-24-15-17-26(18-16-24)25(2)38-35(42)31-12-5-3-10-29(31)30-11-4-6-13-32(30)36(43)39(22-20-34(40)41)21-19-27-23-37-33-14-8-7-9-28(27)33/h3-18,23,25,37H,19-22H2,1-2H3,(H,38,42)(H,40,41)/t25-/m1/s1. The fraction of sp³-hybridized carbons (Fsp3) is 0.194. The van der Waals surface area contributed by atoms with Crippen molar-refractivity contribution in [3.63, 3.8) is 0 Å². The highest BCUT2D eigenvalue weighted by atomic mass is 16.4. The number of nitrogens with one attached hydrogen (secondary N) is 2. The zero-order valence-electron chi connectivity index (χ0n) is 24.3. The van der Waals surface area contributed by atoms with Crippen LogP contribution < -0.4 is 5.32 Å². The molecule has 1 atom stereocenters. The van der Waals surface area contributed by atoms with Gasteiger partial charge in [0.05, 0.1) is 12.5 Å². The molecule has 2 amide bonds. The zero-order valence-corrected chi connectivity index (χ0v) is 24.3. The summed E-state index contributed by atoms with van der Waals surface area (Å²) in [4.78, 5) is 44.0. The number of aromatic amines is 1. The van der Waals surface area contributed by atoms with Crippen LogP contribution in [0.4, 0.5) is 0 Å². The number of hydrogen-bond donors (Lipinski definition) is 3. The lowest BCUT2D eigenvalue weighted by Gasteiger charge is -2.24. The minimum atomic E-state index is -0.970. The molecule has 5 aromatic rings. The maximum absolute atomic E-state index is 14.1. The van der Waals surface area contributed by atoms with Crippen LogP contribution in [0.1, 0.15) is 56.8 Å². The Morgan fingerprint density at radius 3 is 2.16 bits per heavy atom. The molecule has 7 nitrogen and oxygen atoms in total. The number of aliphatic carboxylic acids is 1. The Labute approximate surface area is 251 Å². The van der Waals surface area contributed by atoms with Crippen molar-refractivity contribution in [2.24, 2.45) is 0 Å². The van der Waals surface area contributed by atoms with E-state index in [4.69, 9.17) is 0 Å². The summed E-state index contributed by atoms with van der Waals surface area (Å²) < 4.78 is 0. The lowest BCUT2D eigenvalue weighted by Crippen LogP contribution is -2.35. The van der Waals surface area contributed by atoms with E-state index in [0.717, 1.165) is 27.6 Å². The molecule has 43 heavy (non-hydrogen) atoms. The fourth-order valence-electron chi connectivity index (χ4n) is 5.34. The molecule has 0 aliphatic carbocycles. The number of aryl methyl sites for hydroxylation is 1. The number of carboxylic acid groups (broad SMARTS) is 1. The summed E-state index contributed by atoms with van der Waals surface area (Å²) in [5.41, 5.74) is 6.34. The summed E-state index contributed by atoms with van der Waals surface area (Å²) in [6.07, 6.45) is 2.33. The van der Waals surface area contributed by atoms with Crippen molar-refractivity contribution >= 4 is 28.7 Å². The predicted molar refractivity (Wildman–Crippen MR) is 169 cm³/mol. The number of nitrogens with zero attached hydrogens (tertiary/aromatic N) is 1. The molecule has 3 N–H and O–H groups in total. The molecule has 218 valence electrons. The monoisotopic (exact) mass is 573 g/mol. The quantitative estimate of drug-likeness (QED) is 0.162. The molecule has 1 aromatic heterocycles. The Bertz CT molecular complexity index is 1760. The van der Waals surface area contributed by atoms with E-state index in [1.165, 1.54) is 0 Å². The van der Waals surface area contributed by atoms with Gasteiger partial charge in [-0.25, -0.2) is 0 Å². The van der Waals surface area contributed by atoms with E-state index < -0.39 is 5.97 Å². The third kappa shape index (κ3) is 6.84. The number of rotatable bonds is 11. The first kappa shape index (κ1) is 29.3. The van der Waals surface area contributed by atoms with Crippen LogP contribution in [0.3, 0.4) is 0 Å². The van der Waals surface area contributed by atoms with E-state index in [1.807, 2.05) is 92.8 Å². The summed E-state index contributed by atoms with van der Waals surface area (Å²) in [7, 11) is 0. The average Bonchev–Trinajstić information content (AvgIpc) is 3.44. The highest BCUT2D eigenvalue weighted by Gasteiger charge is 2.23. The van der Waals surface area contributed by atoms with Crippen LogP contribution >= 0.6 is 0 Å². The van der Waals surface area contributed by atoms with Gasteiger partial charge in [0, 0.05) is 41.3 Å². The lowest BCUT2D eigenvalue weighted by atomic mass is 9.94. The smallest absolute Gasteiger partial charge is 0.305 e. The Balaban J connectivity index is 1.42. The Kier molecular flexibility index (Phi) is 9.01. The molecular weight excluding hydrogens is 538 g/mol. The van der Waals surface area contributed by atoms with Crippen LogP contribution in [-0.4, -0.2) is 45.9 Å². The second-order valence-corrected chi connectivity index (χ2v) is 10.7. The predicted octanol–water partition coefficient (Wildman–Crippen LogP) is 6.79. The summed E-state index contributed by atoms with van der Waals surface area (Å²) >= 11 is 0. The normalized spacial score (nSPS) is 11.7. The summed E-state index contributed by atoms with van der Waals surface area (Å²) in [5, 5.41) is 13.6.